The van der Waals surface area contributed by atoms with Crippen LogP contribution in [0.15, 0.2) is 0 Å². The lowest BCUT2D eigenvalue weighted by Gasteiger charge is -2.06. The number of nitrogens with one attached hydrogen (secondary N) is 3. The maximum absolute atomic E-state index is 10.2. The maximum Gasteiger partial charge on any atom is 0.304 e. The first-order valence-corrected chi connectivity index (χ1v) is 5.35. The molecule has 0 rings (SSSR count). The molecule has 6 N–H and O–H groups in total. The summed E-state index contributed by atoms with van der Waals surface area (Å²) in [5, 5.41) is 11.4. The Morgan fingerprint density at radius 1 is 1.07 bits per heavy atom. The Morgan fingerprint density at radius 2 is 1.73 bits per heavy atom. The standard InChI is InChI=1S/C9H22N4O2/c10-4-1-6-12-13-7-2-5-11-8-3-9(14)15/h11-13H,1-8,10H2,(H,14,15). The van der Waals surface area contributed by atoms with E-state index in [1.54, 1.807) is 0 Å². The highest BCUT2D eigenvalue weighted by atomic mass is 16.4. The van der Waals surface area contributed by atoms with E-state index < -0.39 is 5.97 Å². The van der Waals surface area contributed by atoms with E-state index in [2.05, 4.69) is 16.2 Å². The molecular formula is C9H22N4O2. The molecule has 0 bridgehead atoms. The van der Waals surface area contributed by atoms with Crippen molar-refractivity contribution in [3.8, 4) is 0 Å². The molecule has 0 aliphatic carbocycles. The largest absolute Gasteiger partial charge is 0.481 e. The summed E-state index contributed by atoms with van der Waals surface area (Å²) < 4.78 is 0. The van der Waals surface area contributed by atoms with Crippen molar-refractivity contribution in [1.29, 1.82) is 0 Å². The van der Waals surface area contributed by atoms with Crippen LogP contribution in [0.3, 0.4) is 0 Å². The quantitative estimate of drug-likeness (QED) is 0.223. The molecule has 0 unspecified atom stereocenters. The summed E-state index contributed by atoms with van der Waals surface area (Å²) in [7, 11) is 0. The van der Waals surface area contributed by atoms with Crippen molar-refractivity contribution in [2.75, 3.05) is 32.7 Å². The maximum atomic E-state index is 10.2. The zero-order valence-electron chi connectivity index (χ0n) is 9.09. The monoisotopic (exact) mass is 218 g/mol. The highest BCUT2D eigenvalue weighted by Crippen LogP contribution is 1.77. The van der Waals surface area contributed by atoms with Gasteiger partial charge in [-0.15, -0.1) is 0 Å². The fourth-order valence-corrected chi connectivity index (χ4v) is 0.989. The average Bonchev–Trinajstić information content (AvgIpc) is 2.20. The van der Waals surface area contributed by atoms with Crippen LogP contribution in [0, 0.1) is 0 Å². The van der Waals surface area contributed by atoms with Gasteiger partial charge in [-0.1, -0.05) is 0 Å². The van der Waals surface area contributed by atoms with Gasteiger partial charge in [-0.05, 0) is 25.9 Å². The first-order valence-electron chi connectivity index (χ1n) is 5.35. The van der Waals surface area contributed by atoms with Crippen LogP contribution in [0.5, 0.6) is 0 Å². The lowest BCUT2D eigenvalue weighted by molar-refractivity contribution is -0.136. The van der Waals surface area contributed by atoms with E-state index in [1.165, 1.54) is 0 Å². The summed E-state index contributed by atoms with van der Waals surface area (Å²) in [6.07, 6.45) is 2.11. The Morgan fingerprint density at radius 3 is 2.33 bits per heavy atom. The molecule has 0 aliphatic heterocycles. The number of hydrogen-bond donors (Lipinski definition) is 5. The molecule has 0 aromatic rings. The fraction of sp³-hybridized carbons (Fsp3) is 0.889. The van der Waals surface area contributed by atoms with Crippen LogP contribution in [0.2, 0.25) is 0 Å². The van der Waals surface area contributed by atoms with Gasteiger partial charge in [0, 0.05) is 19.6 Å². The van der Waals surface area contributed by atoms with Crippen molar-refractivity contribution < 1.29 is 9.90 Å². The summed E-state index contributed by atoms with van der Waals surface area (Å²) in [5.41, 5.74) is 11.4. The van der Waals surface area contributed by atoms with Crippen LogP contribution in [0.4, 0.5) is 0 Å². The summed E-state index contributed by atoms with van der Waals surface area (Å²) in [6, 6.07) is 0. The average molecular weight is 218 g/mol. The van der Waals surface area contributed by atoms with Crippen molar-refractivity contribution in [3.63, 3.8) is 0 Å². The normalized spacial score (nSPS) is 10.5. The van der Waals surface area contributed by atoms with E-state index in [1.807, 2.05) is 0 Å². The van der Waals surface area contributed by atoms with Crippen LogP contribution >= 0.6 is 0 Å². The smallest absolute Gasteiger partial charge is 0.304 e. The molecule has 15 heavy (non-hydrogen) atoms. The zero-order chi connectivity index (χ0) is 11.4. The van der Waals surface area contributed by atoms with Crippen molar-refractivity contribution in [1.82, 2.24) is 16.2 Å². The van der Waals surface area contributed by atoms with E-state index in [-0.39, 0.29) is 6.42 Å². The van der Waals surface area contributed by atoms with Crippen molar-refractivity contribution in [2.45, 2.75) is 19.3 Å². The molecule has 0 aromatic heterocycles. The SMILES string of the molecule is NCCCNNCCCNCCC(=O)O. The summed E-state index contributed by atoms with van der Waals surface area (Å²) in [4.78, 5) is 10.2. The summed E-state index contributed by atoms with van der Waals surface area (Å²) in [6.45, 7) is 3.81. The third kappa shape index (κ3) is 13.3. The molecular weight excluding hydrogens is 196 g/mol. The minimum atomic E-state index is -0.760. The molecule has 0 amide bonds. The van der Waals surface area contributed by atoms with Gasteiger partial charge in [0.1, 0.15) is 0 Å². The number of nitrogens with two attached hydrogens (primary N) is 1. The van der Waals surface area contributed by atoms with Gasteiger partial charge in [-0.3, -0.25) is 15.6 Å². The van der Waals surface area contributed by atoms with Crippen LogP contribution in [0.1, 0.15) is 19.3 Å². The number of hydrogen-bond acceptors (Lipinski definition) is 5. The van der Waals surface area contributed by atoms with Crippen molar-refractivity contribution >= 4 is 5.97 Å². The van der Waals surface area contributed by atoms with Gasteiger partial charge in [0.2, 0.25) is 0 Å². The molecule has 0 saturated carbocycles. The fourth-order valence-electron chi connectivity index (χ4n) is 0.989. The number of hydrazine groups is 1. The molecule has 0 saturated heterocycles. The third-order valence-corrected chi connectivity index (χ3v) is 1.80. The van der Waals surface area contributed by atoms with E-state index in [0.717, 1.165) is 32.5 Å². The van der Waals surface area contributed by atoms with E-state index in [9.17, 15) is 4.79 Å². The number of carboxylic acid groups (broad SMARTS) is 1. The minimum Gasteiger partial charge on any atom is -0.481 e. The van der Waals surface area contributed by atoms with Gasteiger partial charge in [0.15, 0.2) is 0 Å². The van der Waals surface area contributed by atoms with Gasteiger partial charge in [-0.25, -0.2) is 0 Å². The molecule has 6 heteroatoms. The molecule has 90 valence electrons. The lowest BCUT2D eigenvalue weighted by atomic mass is 10.4. The summed E-state index contributed by atoms with van der Waals surface area (Å²) >= 11 is 0. The molecule has 0 aromatic carbocycles. The number of carboxylic acids is 1. The van der Waals surface area contributed by atoms with Gasteiger partial charge >= 0.3 is 5.97 Å². The van der Waals surface area contributed by atoms with Gasteiger partial charge in [0.25, 0.3) is 0 Å². The third-order valence-electron chi connectivity index (χ3n) is 1.80. The molecule has 0 heterocycles. The van der Waals surface area contributed by atoms with E-state index in [0.29, 0.717) is 13.1 Å². The highest BCUT2D eigenvalue weighted by Gasteiger charge is 1.94. The number of rotatable bonds is 11. The number of carbonyl (C=O) groups is 1. The minimum absolute atomic E-state index is 0.183. The van der Waals surface area contributed by atoms with Gasteiger partial charge < -0.3 is 16.2 Å². The first kappa shape index (κ1) is 14.3. The lowest BCUT2D eigenvalue weighted by Crippen LogP contribution is -2.35. The van der Waals surface area contributed by atoms with E-state index in [4.69, 9.17) is 10.8 Å². The Kier molecular flexibility index (Phi) is 10.9. The van der Waals surface area contributed by atoms with Crippen LogP contribution in [-0.2, 0) is 4.79 Å². The molecule has 0 aliphatic rings. The van der Waals surface area contributed by atoms with E-state index >= 15 is 0 Å². The second-order valence-corrected chi connectivity index (χ2v) is 3.24. The molecule has 0 radical (unpaired) electrons. The van der Waals surface area contributed by atoms with Crippen molar-refractivity contribution in [2.24, 2.45) is 5.73 Å². The van der Waals surface area contributed by atoms with Gasteiger partial charge in [0.05, 0.1) is 6.42 Å². The Bertz CT molecular complexity index is 155. The summed E-state index contributed by atoms with van der Waals surface area (Å²) in [5.74, 6) is -0.760. The first-order chi connectivity index (χ1) is 7.27. The van der Waals surface area contributed by atoms with Crippen LogP contribution in [0.25, 0.3) is 0 Å². The molecule has 0 spiro atoms. The second kappa shape index (κ2) is 11.4. The molecule has 6 nitrogen and oxygen atoms in total. The zero-order valence-corrected chi connectivity index (χ0v) is 9.09. The molecule has 0 fully saturated rings. The Balaban J connectivity index is 2.89. The Labute approximate surface area is 90.6 Å². The number of aliphatic carboxylic acids is 1. The highest BCUT2D eigenvalue weighted by molar-refractivity contribution is 5.66. The van der Waals surface area contributed by atoms with Crippen LogP contribution in [-0.4, -0.2) is 43.8 Å². The predicted octanol–water partition coefficient (Wildman–Crippen LogP) is -1.12. The molecule has 0 atom stereocenters. The van der Waals surface area contributed by atoms with Gasteiger partial charge in [-0.2, -0.15) is 0 Å². The van der Waals surface area contributed by atoms with Crippen molar-refractivity contribution in [3.05, 3.63) is 0 Å². The topological polar surface area (TPSA) is 99.4 Å². The predicted molar refractivity (Wildman–Crippen MR) is 59.4 cm³/mol. The second-order valence-electron chi connectivity index (χ2n) is 3.24. The van der Waals surface area contributed by atoms with Crippen LogP contribution < -0.4 is 21.9 Å². The Hall–Kier alpha value is -0.690.